The molecule has 0 radical (unpaired) electrons. The molecule has 0 fully saturated rings. The average Bonchev–Trinajstić information content (AvgIpc) is 2.55. The van der Waals surface area contributed by atoms with Gasteiger partial charge in [-0.2, -0.15) is 0 Å². The summed E-state index contributed by atoms with van der Waals surface area (Å²) in [6, 6.07) is 11.8. The third-order valence-electron chi connectivity index (χ3n) is 4.08. The molecular formula is C19H21FN2O2S. The van der Waals surface area contributed by atoms with Gasteiger partial charge in [0.1, 0.15) is 22.9 Å². The topological polar surface area (TPSA) is 42.5 Å². The highest BCUT2D eigenvalue weighted by Gasteiger charge is 2.34. The van der Waals surface area contributed by atoms with Gasteiger partial charge < -0.3 is 20.1 Å². The van der Waals surface area contributed by atoms with E-state index in [1.807, 2.05) is 32.0 Å². The van der Waals surface area contributed by atoms with E-state index in [-0.39, 0.29) is 17.5 Å². The molecule has 0 saturated carbocycles. The van der Waals surface area contributed by atoms with Crippen LogP contribution in [0.5, 0.6) is 11.5 Å². The highest BCUT2D eigenvalue weighted by atomic mass is 32.1. The number of nitrogens with one attached hydrogen (secondary N) is 2. The van der Waals surface area contributed by atoms with E-state index in [1.54, 1.807) is 19.2 Å². The van der Waals surface area contributed by atoms with Gasteiger partial charge in [-0.25, -0.2) is 4.39 Å². The number of benzene rings is 2. The summed E-state index contributed by atoms with van der Waals surface area (Å²) in [5.74, 6) is 1.31. The molecule has 25 heavy (non-hydrogen) atoms. The maximum Gasteiger partial charge on any atom is 0.171 e. The second-order valence-corrected chi connectivity index (χ2v) is 7.04. The number of halogens is 1. The molecule has 0 spiro atoms. The van der Waals surface area contributed by atoms with E-state index in [2.05, 4.69) is 10.6 Å². The van der Waals surface area contributed by atoms with Gasteiger partial charge in [-0.1, -0.05) is 0 Å². The lowest BCUT2D eigenvalue weighted by atomic mass is 9.89. The molecule has 1 heterocycles. The van der Waals surface area contributed by atoms with Crippen LogP contribution >= 0.6 is 12.2 Å². The van der Waals surface area contributed by atoms with E-state index >= 15 is 0 Å². The summed E-state index contributed by atoms with van der Waals surface area (Å²) >= 11 is 5.43. The first-order valence-corrected chi connectivity index (χ1v) is 8.47. The third-order valence-corrected chi connectivity index (χ3v) is 4.30. The molecule has 132 valence electrons. The van der Waals surface area contributed by atoms with Crippen molar-refractivity contribution in [1.29, 1.82) is 0 Å². The van der Waals surface area contributed by atoms with Gasteiger partial charge >= 0.3 is 0 Å². The molecule has 0 aromatic heterocycles. The molecule has 0 amide bonds. The molecule has 2 N–H and O–H groups in total. The van der Waals surface area contributed by atoms with Crippen LogP contribution in [0, 0.1) is 5.82 Å². The molecule has 0 saturated heterocycles. The van der Waals surface area contributed by atoms with Crippen LogP contribution in [-0.2, 0) is 0 Å². The molecule has 0 bridgehead atoms. The first kappa shape index (κ1) is 17.5. The van der Waals surface area contributed by atoms with Crippen molar-refractivity contribution in [2.45, 2.75) is 31.9 Å². The van der Waals surface area contributed by atoms with Crippen LogP contribution in [-0.4, -0.2) is 17.8 Å². The largest absolute Gasteiger partial charge is 0.497 e. The first-order valence-electron chi connectivity index (χ1n) is 8.06. The van der Waals surface area contributed by atoms with Crippen LogP contribution in [0.3, 0.4) is 0 Å². The van der Waals surface area contributed by atoms with Crippen LogP contribution in [0.15, 0.2) is 42.5 Å². The molecule has 0 aliphatic carbocycles. The van der Waals surface area contributed by atoms with Gasteiger partial charge in [0, 0.05) is 17.7 Å². The zero-order valence-corrected chi connectivity index (χ0v) is 15.2. The molecule has 2 aromatic rings. The number of anilines is 1. The SMILES string of the molecule is COc1ccc2c(c1)[C@H](NC(=S)Nc1ccc(F)cc1)CC(C)(C)O2. The van der Waals surface area contributed by atoms with Gasteiger partial charge in [0.25, 0.3) is 0 Å². The van der Waals surface area contributed by atoms with E-state index in [1.165, 1.54) is 12.1 Å². The van der Waals surface area contributed by atoms with Crippen molar-refractivity contribution >= 4 is 23.0 Å². The van der Waals surface area contributed by atoms with Crippen molar-refractivity contribution in [2.24, 2.45) is 0 Å². The Morgan fingerprint density at radius 2 is 1.96 bits per heavy atom. The van der Waals surface area contributed by atoms with Gasteiger partial charge in [0.2, 0.25) is 0 Å². The number of rotatable bonds is 3. The van der Waals surface area contributed by atoms with E-state index in [0.29, 0.717) is 5.11 Å². The first-order chi connectivity index (χ1) is 11.9. The fourth-order valence-corrected chi connectivity index (χ4v) is 3.21. The number of fused-ring (bicyclic) bond motifs is 1. The maximum absolute atomic E-state index is 13.0. The van der Waals surface area contributed by atoms with Crippen molar-refractivity contribution in [1.82, 2.24) is 5.32 Å². The molecule has 4 nitrogen and oxygen atoms in total. The van der Waals surface area contributed by atoms with Gasteiger partial charge in [0.05, 0.1) is 13.2 Å². The Labute approximate surface area is 152 Å². The highest BCUT2D eigenvalue weighted by molar-refractivity contribution is 7.80. The number of methoxy groups -OCH3 is 1. The normalized spacial score (nSPS) is 17.8. The van der Waals surface area contributed by atoms with E-state index in [0.717, 1.165) is 29.2 Å². The maximum atomic E-state index is 13.0. The molecule has 1 aliphatic rings. The van der Waals surface area contributed by atoms with Crippen LogP contribution in [0.1, 0.15) is 31.9 Å². The molecule has 6 heteroatoms. The lowest BCUT2D eigenvalue weighted by molar-refractivity contribution is 0.0695. The Hall–Kier alpha value is -2.34. The second kappa shape index (κ2) is 6.88. The quantitative estimate of drug-likeness (QED) is 0.793. The van der Waals surface area contributed by atoms with Gasteiger partial charge in [0.15, 0.2) is 5.11 Å². The van der Waals surface area contributed by atoms with Gasteiger partial charge in [-0.05, 0) is 68.5 Å². The Kier molecular flexibility index (Phi) is 4.81. The summed E-state index contributed by atoms with van der Waals surface area (Å²) in [6.07, 6.45) is 0.748. The average molecular weight is 360 g/mol. The summed E-state index contributed by atoms with van der Waals surface area (Å²) in [7, 11) is 1.64. The summed E-state index contributed by atoms with van der Waals surface area (Å²) in [4.78, 5) is 0. The summed E-state index contributed by atoms with van der Waals surface area (Å²) < 4.78 is 24.4. The van der Waals surface area contributed by atoms with E-state index in [4.69, 9.17) is 21.7 Å². The minimum Gasteiger partial charge on any atom is -0.497 e. The highest BCUT2D eigenvalue weighted by Crippen LogP contribution is 2.41. The number of ether oxygens (including phenoxy) is 2. The summed E-state index contributed by atoms with van der Waals surface area (Å²) in [6.45, 7) is 4.09. The number of thiocarbonyl (C=S) groups is 1. The van der Waals surface area contributed by atoms with Crippen molar-refractivity contribution in [3.63, 3.8) is 0 Å². The molecule has 1 atom stereocenters. The third kappa shape index (κ3) is 4.20. The van der Waals surface area contributed by atoms with Crippen molar-refractivity contribution in [2.75, 3.05) is 12.4 Å². The number of hydrogen-bond acceptors (Lipinski definition) is 3. The fourth-order valence-electron chi connectivity index (χ4n) is 2.95. The van der Waals surface area contributed by atoms with Crippen molar-refractivity contribution in [3.05, 3.63) is 53.8 Å². The van der Waals surface area contributed by atoms with Gasteiger partial charge in [-0.3, -0.25) is 0 Å². The van der Waals surface area contributed by atoms with Crippen LogP contribution in [0.4, 0.5) is 10.1 Å². The van der Waals surface area contributed by atoms with Crippen LogP contribution in [0.25, 0.3) is 0 Å². The predicted molar refractivity (Wildman–Crippen MR) is 101 cm³/mol. The Morgan fingerprint density at radius 1 is 1.24 bits per heavy atom. The number of hydrogen-bond donors (Lipinski definition) is 2. The van der Waals surface area contributed by atoms with E-state index < -0.39 is 0 Å². The zero-order chi connectivity index (χ0) is 18.0. The molecule has 1 aliphatic heterocycles. The summed E-state index contributed by atoms with van der Waals surface area (Å²) in [5, 5.41) is 6.90. The van der Waals surface area contributed by atoms with Crippen LogP contribution in [0.2, 0.25) is 0 Å². The second-order valence-electron chi connectivity index (χ2n) is 6.63. The minimum absolute atomic E-state index is 0.0192. The lowest BCUT2D eigenvalue weighted by Crippen LogP contribution is -2.42. The Bertz CT molecular complexity index is 777. The predicted octanol–water partition coefficient (Wildman–Crippen LogP) is 4.42. The monoisotopic (exact) mass is 360 g/mol. The van der Waals surface area contributed by atoms with Crippen molar-refractivity contribution in [3.8, 4) is 11.5 Å². The van der Waals surface area contributed by atoms with Crippen LogP contribution < -0.4 is 20.1 Å². The molecule has 2 aromatic carbocycles. The molecular weight excluding hydrogens is 339 g/mol. The molecule has 3 rings (SSSR count). The summed E-state index contributed by atoms with van der Waals surface area (Å²) in [5.41, 5.74) is 1.42. The minimum atomic E-state index is -0.315. The van der Waals surface area contributed by atoms with Crippen molar-refractivity contribution < 1.29 is 13.9 Å². The standard InChI is InChI=1S/C19H21FN2O2S/c1-19(2)11-16(15-10-14(23-3)8-9-17(15)24-19)22-18(25)21-13-6-4-12(20)5-7-13/h4-10,16H,11H2,1-3H3,(H2,21,22,25)/t16-/m1/s1. The smallest absolute Gasteiger partial charge is 0.171 e. The van der Waals surface area contributed by atoms with E-state index in [9.17, 15) is 4.39 Å². The zero-order valence-electron chi connectivity index (χ0n) is 14.4. The molecule has 0 unspecified atom stereocenters. The van der Waals surface area contributed by atoms with Gasteiger partial charge in [-0.15, -0.1) is 0 Å². The fraction of sp³-hybridized carbons (Fsp3) is 0.316. The Morgan fingerprint density at radius 3 is 2.64 bits per heavy atom. The lowest BCUT2D eigenvalue weighted by Gasteiger charge is -2.38. The Balaban J connectivity index is 1.79.